The van der Waals surface area contributed by atoms with Crippen LogP contribution >= 0.6 is 11.6 Å². The Bertz CT molecular complexity index is 532. The largest absolute Gasteiger partial charge is 0.308 e. The van der Waals surface area contributed by atoms with Crippen molar-refractivity contribution in [2.24, 2.45) is 0 Å². The molecule has 1 aliphatic heterocycles. The van der Waals surface area contributed by atoms with Crippen LogP contribution in [0, 0.1) is 5.82 Å². The lowest BCUT2D eigenvalue weighted by atomic mass is 10.1. The molecule has 0 aromatic heterocycles. The van der Waals surface area contributed by atoms with Crippen molar-refractivity contribution in [1.82, 2.24) is 5.32 Å². The molecule has 0 aliphatic carbocycles. The van der Waals surface area contributed by atoms with Gasteiger partial charge in [0.05, 0.1) is 16.0 Å². The van der Waals surface area contributed by atoms with Gasteiger partial charge in [0.1, 0.15) is 5.82 Å². The second kappa shape index (κ2) is 4.55. The number of nitrogens with one attached hydrogen (secondary N) is 1. The zero-order valence-electron chi connectivity index (χ0n) is 9.28. The van der Waals surface area contributed by atoms with Crippen molar-refractivity contribution in [3.63, 3.8) is 0 Å². The van der Waals surface area contributed by atoms with Crippen LogP contribution in [-0.2, 0) is 9.84 Å². The van der Waals surface area contributed by atoms with Crippen LogP contribution in [-0.4, -0.2) is 26.0 Å². The number of rotatable bonds is 1. The number of sulfone groups is 1. The molecule has 94 valence electrons. The predicted octanol–water partition coefficient (Wildman–Crippen LogP) is 1.93. The fourth-order valence-corrected chi connectivity index (χ4v) is 3.48. The van der Waals surface area contributed by atoms with Crippen LogP contribution in [0.25, 0.3) is 0 Å². The first-order chi connectivity index (χ1) is 7.90. The van der Waals surface area contributed by atoms with Gasteiger partial charge in [0.2, 0.25) is 0 Å². The van der Waals surface area contributed by atoms with E-state index in [1.54, 1.807) is 13.0 Å². The van der Waals surface area contributed by atoms with E-state index in [1.807, 2.05) is 0 Å². The molecule has 1 aromatic rings. The van der Waals surface area contributed by atoms with Gasteiger partial charge in [-0.1, -0.05) is 17.7 Å². The molecule has 3 nitrogen and oxygen atoms in total. The fourth-order valence-electron chi connectivity index (χ4n) is 1.83. The molecule has 0 saturated carbocycles. The Balaban J connectivity index is 2.27. The van der Waals surface area contributed by atoms with Gasteiger partial charge in [0.15, 0.2) is 9.84 Å². The highest BCUT2D eigenvalue weighted by Gasteiger charge is 2.31. The average molecular weight is 278 g/mol. The summed E-state index contributed by atoms with van der Waals surface area (Å²) in [6.07, 6.45) is 0. The molecule has 17 heavy (non-hydrogen) atoms. The molecule has 1 aliphatic rings. The second-order valence-corrected chi connectivity index (χ2v) is 7.15. The minimum atomic E-state index is -3.08. The third-order valence-corrected chi connectivity index (χ3v) is 5.49. The Morgan fingerprint density at radius 2 is 2.18 bits per heavy atom. The highest BCUT2D eigenvalue weighted by Crippen LogP contribution is 2.25. The number of hydrogen-bond donors (Lipinski definition) is 1. The topological polar surface area (TPSA) is 46.2 Å². The van der Waals surface area contributed by atoms with Crippen LogP contribution in [0.3, 0.4) is 0 Å². The Kier molecular flexibility index (Phi) is 3.43. The zero-order chi connectivity index (χ0) is 12.6. The molecule has 1 N–H and O–H groups in total. The van der Waals surface area contributed by atoms with Crippen molar-refractivity contribution in [3.8, 4) is 0 Å². The molecule has 0 bridgehead atoms. The number of halogens is 2. The van der Waals surface area contributed by atoms with E-state index in [4.69, 9.17) is 11.6 Å². The maximum atomic E-state index is 13.0. The van der Waals surface area contributed by atoms with Crippen molar-refractivity contribution in [2.75, 3.05) is 12.3 Å². The summed E-state index contributed by atoms with van der Waals surface area (Å²) in [6, 6.07) is 3.98. The SMILES string of the molecule is CC1CNC(c2ccc(F)c(Cl)c2)CS1(=O)=O. The van der Waals surface area contributed by atoms with Gasteiger partial charge in [0.25, 0.3) is 0 Å². The van der Waals surface area contributed by atoms with Crippen LogP contribution in [0.2, 0.25) is 5.02 Å². The number of benzene rings is 1. The molecule has 0 spiro atoms. The molecule has 2 rings (SSSR count). The summed E-state index contributed by atoms with van der Waals surface area (Å²) in [5, 5.41) is 2.76. The van der Waals surface area contributed by atoms with E-state index in [2.05, 4.69) is 5.32 Å². The minimum absolute atomic E-state index is 0.0142. The predicted molar refractivity (Wildman–Crippen MR) is 65.4 cm³/mol. The molecule has 1 heterocycles. The lowest BCUT2D eigenvalue weighted by Gasteiger charge is -2.28. The summed E-state index contributed by atoms with van der Waals surface area (Å²) in [7, 11) is -3.08. The van der Waals surface area contributed by atoms with Gasteiger partial charge in [-0.15, -0.1) is 0 Å². The standard InChI is InChI=1S/C11H13ClFNO2S/c1-7-5-14-11(6-17(7,15)16)8-2-3-10(13)9(12)4-8/h2-4,7,11,14H,5-6H2,1H3. The first-order valence-electron chi connectivity index (χ1n) is 5.30. The summed E-state index contributed by atoms with van der Waals surface area (Å²) in [6.45, 7) is 2.08. The zero-order valence-corrected chi connectivity index (χ0v) is 10.9. The molecule has 6 heteroatoms. The van der Waals surface area contributed by atoms with Gasteiger partial charge < -0.3 is 5.32 Å². The van der Waals surface area contributed by atoms with Gasteiger partial charge in [0, 0.05) is 12.6 Å². The van der Waals surface area contributed by atoms with E-state index in [-0.39, 0.29) is 22.1 Å². The smallest absolute Gasteiger partial charge is 0.156 e. The molecule has 1 saturated heterocycles. The van der Waals surface area contributed by atoms with E-state index in [0.29, 0.717) is 12.1 Å². The summed E-state index contributed by atoms with van der Waals surface area (Å²) in [5.74, 6) is -0.474. The Morgan fingerprint density at radius 3 is 2.76 bits per heavy atom. The van der Waals surface area contributed by atoms with E-state index in [0.717, 1.165) is 0 Å². The van der Waals surface area contributed by atoms with E-state index in [1.165, 1.54) is 12.1 Å². The average Bonchev–Trinajstić information content (AvgIpc) is 2.26. The normalized spacial score (nSPS) is 27.9. The van der Waals surface area contributed by atoms with Crippen LogP contribution in [0.1, 0.15) is 18.5 Å². The van der Waals surface area contributed by atoms with Crippen molar-refractivity contribution in [2.45, 2.75) is 18.2 Å². The van der Waals surface area contributed by atoms with Crippen molar-refractivity contribution < 1.29 is 12.8 Å². The summed E-state index contributed by atoms with van der Waals surface area (Å²) >= 11 is 5.68. The second-order valence-electron chi connectivity index (χ2n) is 4.27. The summed E-state index contributed by atoms with van der Waals surface area (Å²) < 4.78 is 36.5. The molecule has 2 atom stereocenters. The number of hydrogen-bond acceptors (Lipinski definition) is 3. The lowest BCUT2D eigenvalue weighted by molar-refractivity contribution is 0.502. The van der Waals surface area contributed by atoms with Gasteiger partial charge >= 0.3 is 0 Å². The Morgan fingerprint density at radius 1 is 1.47 bits per heavy atom. The highest BCUT2D eigenvalue weighted by molar-refractivity contribution is 7.92. The maximum absolute atomic E-state index is 13.0. The van der Waals surface area contributed by atoms with E-state index in [9.17, 15) is 12.8 Å². The molecule has 0 amide bonds. The van der Waals surface area contributed by atoms with Crippen LogP contribution in [0.5, 0.6) is 0 Å². The van der Waals surface area contributed by atoms with Crippen LogP contribution < -0.4 is 5.32 Å². The summed E-state index contributed by atoms with van der Waals surface area (Å²) in [5.41, 5.74) is 0.701. The third kappa shape index (κ3) is 2.61. The van der Waals surface area contributed by atoms with Crippen LogP contribution in [0.15, 0.2) is 18.2 Å². The molecular formula is C11H13ClFNO2S. The third-order valence-electron chi connectivity index (χ3n) is 3.01. The van der Waals surface area contributed by atoms with Gasteiger partial charge in [-0.2, -0.15) is 0 Å². The molecule has 2 unspecified atom stereocenters. The van der Waals surface area contributed by atoms with Crippen molar-refractivity contribution >= 4 is 21.4 Å². The van der Waals surface area contributed by atoms with Gasteiger partial charge in [-0.05, 0) is 24.6 Å². The quantitative estimate of drug-likeness (QED) is 0.853. The molecule has 0 radical (unpaired) electrons. The lowest BCUT2D eigenvalue weighted by Crippen LogP contribution is -2.44. The summed E-state index contributed by atoms with van der Waals surface area (Å²) in [4.78, 5) is 0. The molecule has 1 aromatic carbocycles. The van der Waals surface area contributed by atoms with E-state index < -0.39 is 15.7 Å². The first-order valence-corrected chi connectivity index (χ1v) is 7.39. The molecule has 1 fully saturated rings. The van der Waals surface area contributed by atoms with Gasteiger partial charge in [-0.25, -0.2) is 12.8 Å². The highest BCUT2D eigenvalue weighted by atomic mass is 35.5. The van der Waals surface area contributed by atoms with Crippen molar-refractivity contribution in [3.05, 3.63) is 34.6 Å². The van der Waals surface area contributed by atoms with Crippen molar-refractivity contribution in [1.29, 1.82) is 0 Å². The van der Waals surface area contributed by atoms with Crippen LogP contribution in [0.4, 0.5) is 4.39 Å². The minimum Gasteiger partial charge on any atom is -0.308 e. The first kappa shape index (κ1) is 12.8. The Hall–Kier alpha value is -0.650. The van der Waals surface area contributed by atoms with Gasteiger partial charge in [-0.3, -0.25) is 0 Å². The van der Waals surface area contributed by atoms with E-state index >= 15 is 0 Å². The fraction of sp³-hybridized carbons (Fsp3) is 0.455. The monoisotopic (exact) mass is 277 g/mol. The Labute approximate surface area is 105 Å². The molecular weight excluding hydrogens is 265 g/mol. The maximum Gasteiger partial charge on any atom is 0.156 e.